The lowest BCUT2D eigenvalue weighted by Gasteiger charge is -2.36. The van der Waals surface area contributed by atoms with Crippen LogP contribution in [-0.4, -0.2) is 80.0 Å². The first-order valence-corrected chi connectivity index (χ1v) is 12.8. The third-order valence-electron chi connectivity index (χ3n) is 6.59. The predicted molar refractivity (Wildman–Crippen MR) is 143 cm³/mol. The van der Waals surface area contributed by atoms with Crippen LogP contribution in [0.3, 0.4) is 0 Å². The van der Waals surface area contributed by atoms with E-state index in [-0.39, 0.29) is 6.04 Å². The number of aromatic nitrogens is 3. The first-order valence-electron chi connectivity index (χ1n) is 12.0. The van der Waals surface area contributed by atoms with Gasteiger partial charge in [-0.15, -0.1) is 0 Å². The maximum Gasteiger partial charge on any atom is 0.223 e. The van der Waals surface area contributed by atoms with E-state index in [1.54, 1.807) is 26.5 Å². The Kier molecular flexibility index (Phi) is 7.52. The largest absolute Gasteiger partial charge is 0.495 e. The summed E-state index contributed by atoms with van der Waals surface area (Å²) in [6.45, 7) is 4.31. The molecule has 3 aromatic rings. The van der Waals surface area contributed by atoms with E-state index in [0.717, 1.165) is 50.0 Å². The Bertz CT molecular complexity index is 1220. The summed E-state index contributed by atoms with van der Waals surface area (Å²) in [5, 5.41) is 8.45. The summed E-state index contributed by atoms with van der Waals surface area (Å²) in [5.74, 6) is 2.65. The number of fused-ring (bicyclic) bond motifs is 1. The molecule has 1 unspecified atom stereocenters. The maximum atomic E-state index is 6.71. The minimum atomic E-state index is 0.187. The van der Waals surface area contributed by atoms with Crippen molar-refractivity contribution in [2.75, 3.05) is 64.7 Å². The maximum absolute atomic E-state index is 6.71. The first-order chi connectivity index (χ1) is 17.5. The Labute approximate surface area is 220 Å². The fraction of sp³-hybridized carbons (Fsp3) is 0.480. The summed E-state index contributed by atoms with van der Waals surface area (Å²) >= 11 is 13.4. The molecule has 11 heteroatoms. The molecule has 2 saturated heterocycles. The van der Waals surface area contributed by atoms with Gasteiger partial charge in [0.25, 0.3) is 0 Å². The van der Waals surface area contributed by atoms with Gasteiger partial charge in [0.05, 0.1) is 42.6 Å². The van der Waals surface area contributed by atoms with Gasteiger partial charge in [-0.05, 0) is 26.0 Å². The number of halogens is 2. The van der Waals surface area contributed by atoms with Crippen LogP contribution in [0.4, 0.5) is 11.8 Å². The average Bonchev–Trinajstić information content (AvgIpc) is 2.87. The monoisotopic (exact) mass is 532 g/mol. The zero-order valence-corrected chi connectivity index (χ0v) is 22.1. The van der Waals surface area contributed by atoms with Crippen LogP contribution in [0.5, 0.6) is 11.5 Å². The summed E-state index contributed by atoms with van der Waals surface area (Å²) in [6, 6.07) is 3.74. The second kappa shape index (κ2) is 10.8. The van der Waals surface area contributed by atoms with Gasteiger partial charge in [-0.3, -0.25) is 0 Å². The van der Waals surface area contributed by atoms with Crippen LogP contribution in [0.2, 0.25) is 10.0 Å². The topological polar surface area (TPSA) is 93.7 Å². The lowest BCUT2D eigenvalue weighted by molar-refractivity contribution is 0.0874. The standard InChI is InChI=1S/C25H30Cl2N6O3/c1-33-11-14(12-33)9-28-24-23-15(10-29-25(32-23)30-16-5-4-6-36-13-16)7-17(31-24)20-21(26)18(34-2)8-19(35-3)22(20)27/h7-8,10,14,16H,4-6,9,11-13H2,1-3H3,(H,28,31)(H,29,30,32). The van der Waals surface area contributed by atoms with E-state index in [2.05, 4.69) is 27.6 Å². The van der Waals surface area contributed by atoms with Crippen molar-refractivity contribution in [3.63, 3.8) is 0 Å². The van der Waals surface area contributed by atoms with Gasteiger partial charge in [0.2, 0.25) is 5.95 Å². The van der Waals surface area contributed by atoms with Crippen LogP contribution >= 0.6 is 23.2 Å². The van der Waals surface area contributed by atoms with Crippen molar-refractivity contribution in [2.24, 2.45) is 5.92 Å². The summed E-state index contributed by atoms with van der Waals surface area (Å²) in [5.41, 5.74) is 1.83. The minimum absolute atomic E-state index is 0.187. The molecule has 1 atom stereocenters. The third-order valence-corrected chi connectivity index (χ3v) is 7.34. The molecule has 0 bridgehead atoms. The van der Waals surface area contributed by atoms with E-state index < -0.39 is 0 Å². The number of anilines is 2. The molecule has 0 amide bonds. The van der Waals surface area contributed by atoms with E-state index in [9.17, 15) is 0 Å². The molecule has 2 aliphatic rings. The van der Waals surface area contributed by atoms with Gasteiger partial charge in [-0.25, -0.2) is 15.0 Å². The molecule has 1 aromatic carbocycles. The molecule has 0 saturated carbocycles. The highest BCUT2D eigenvalue weighted by atomic mass is 35.5. The molecular weight excluding hydrogens is 503 g/mol. The quantitative estimate of drug-likeness (QED) is 0.432. The van der Waals surface area contributed by atoms with Gasteiger partial charge >= 0.3 is 0 Å². The lowest BCUT2D eigenvalue weighted by atomic mass is 10.0. The molecule has 5 rings (SSSR count). The van der Waals surface area contributed by atoms with Crippen molar-refractivity contribution in [1.29, 1.82) is 0 Å². The Morgan fingerprint density at radius 2 is 1.86 bits per heavy atom. The van der Waals surface area contributed by atoms with Gasteiger partial charge in [0.1, 0.15) is 17.0 Å². The molecule has 0 aliphatic carbocycles. The summed E-state index contributed by atoms with van der Waals surface area (Å²) in [7, 11) is 5.22. The lowest BCUT2D eigenvalue weighted by Crippen LogP contribution is -2.46. The second-order valence-corrected chi connectivity index (χ2v) is 10.1. The van der Waals surface area contributed by atoms with Crippen molar-refractivity contribution in [3.8, 4) is 22.8 Å². The van der Waals surface area contributed by atoms with E-state index >= 15 is 0 Å². The zero-order chi connectivity index (χ0) is 25.2. The molecule has 2 fully saturated rings. The minimum Gasteiger partial charge on any atom is -0.495 e. The predicted octanol–water partition coefficient (Wildman–Crippen LogP) is 4.58. The van der Waals surface area contributed by atoms with Crippen molar-refractivity contribution in [3.05, 3.63) is 28.4 Å². The van der Waals surface area contributed by atoms with Gasteiger partial charge in [0, 0.05) is 55.4 Å². The zero-order valence-electron chi connectivity index (χ0n) is 20.6. The van der Waals surface area contributed by atoms with Crippen LogP contribution < -0.4 is 20.1 Å². The fourth-order valence-electron chi connectivity index (χ4n) is 4.71. The number of nitrogens with zero attached hydrogens (tertiary/aromatic N) is 4. The number of hydrogen-bond donors (Lipinski definition) is 2. The highest BCUT2D eigenvalue weighted by molar-refractivity contribution is 6.41. The Morgan fingerprint density at radius 1 is 1.11 bits per heavy atom. The normalized spacial score (nSPS) is 18.6. The van der Waals surface area contributed by atoms with E-state index in [1.165, 1.54) is 0 Å². The van der Waals surface area contributed by atoms with Crippen LogP contribution in [0, 0.1) is 5.92 Å². The van der Waals surface area contributed by atoms with E-state index in [0.29, 0.717) is 57.1 Å². The van der Waals surface area contributed by atoms with Gasteiger partial charge < -0.3 is 29.7 Å². The smallest absolute Gasteiger partial charge is 0.223 e. The molecule has 2 N–H and O–H groups in total. The Morgan fingerprint density at radius 3 is 2.50 bits per heavy atom. The number of rotatable bonds is 8. The fourth-order valence-corrected chi connectivity index (χ4v) is 5.40. The highest BCUT2D eigenvalue weighted by Gasteiger charge is 2.25. The molecular formula is C25H30Cl2N6O3. The first kappa shape index (κ1) is 25.1. The molecule has 0 spiro atoms. The summed E-state index contributed by atoms with van der Waals surface area (Å²) in [6.07, 6.45) is 3.83. The molecule has 2 aromatic heterocycles. The second-order valence-electron chi connectivity index (χ2n) is 9.30. The summed E-state index contributed by atoms with van der Waals surface area (Å²) < 4.78 is 16.5. The Hall–Kier alpha value is -2.59. The highest BCUT2D eigenvalue weighted by Crippen LogP contribution is 2.46. The summed E-state index contributed by atoms with van der Waals surface area (Å²) in [4.78, 5) is 16.6. The van der Waals surface area contributed by atoms with Crippen molar-refractivity contribution in [2.45, 2.75) is 18.9 Å². The number of hydrogen-bond acceptors (Lipinski definition) is 9. The molecule has 4 heterocycles. The number of pyridine rings is 1. The van der Waals surface area contributed by atoms with Crippen LogP contribution in [0.15, 0.2) is 18.3 Å². The van der Waals surface area contributed by atoms with E-state index in [1.807, 2.05) is 6.07 Å². The van der Waals surface area contributed by atoms with Crippen molar-refractivity contribution < 1.29 is 14.2 Å². The van der Waals surface area contributed by atoms with Crippen molar-refractivity contribution >= 4 is 45.9 Å². The van der Waals surface area contributed by atoms with Crippen LogP contribution in [-0.2, 0) is 4.74 Å². The van der Waals surface area contributed by atoms with Gasteiger partial charge in [0.15, 0.2) is 5.82 Å². The Balaban J connectivity index is 1.57. The van der Waals surface area contributed by atoms with Crippen LogP contribution in [0.25, 0.3) is 22.2 Å². The van der Waals surface area contributed by atoms with E-state index in [4.69, 9.17) is 47.4 Å². The van der Waals surface area contributed by atoms with Gasteiger partial charge in [-0.1, -0.05) is 23.2 Å². The number of nitrogens with one attached hydrogen (secondary N) is 2. The number of benzene rings is 1. The number of ether oxygens (including phenoxy) is 3. The van der Waals surface area contributed by atoms with Crippen molar-refractivity contribution in [1.82, 2.24) is 19.9 Å². The molecule has 9 nitrogen and oxygen atoms in total. The SMILES string of the molecule is COc1cc(OC)c(Cl)c(-c2cc3cnc(NC4CCCOC4)nc3c(NCC3CN(C)C3)n2)c1Cl. The molecule has 36 heavy (non-hydrogen) atoms. The molecule has 2 aliphatic heterocycles. The van der Waals surface area contributed by atoms with Crippen LogP contribution in [0.1, 0.15) is 12.8 Å². The number of methoxy groups -OCH3 is 2. The molecule has 192 valence electrons. The van der Waals surface area contributed by atoms with Gasteiger partial charge in [-0.2, -0.15) is 0 Å². The number of likely N-dealkylation sites (tertiary alicyclic amines) is 1. The molecule has 0 radical (unpaired) electrons. The third kappa shape index (κ3) is 5.11. The average molecular weight is 533 g/mol.